The molecular weight excluding hydrogens is 380 g/mol. The van der Waals surface area contributed by atoms with Gasteiger partial charge in [-0.2, -0.15) is 4.98 Å². The first-order chi connectivity index (χ1) is 12.8. The first-order valence-electron chi connectivity index (χ1n) is 9.29. The number of carbonyl (C=O) groups excluding carboxylic acids is 1. The SMILES string of the molecule is CC(C)COC(C)c1noc(CN(C)C(=O)C(C)C(N)c2ccccc2)n1.Cl. The van der Waals surface area contributed by atoms with Gasteiger partial charge in [0.2, 0.25) is 11.8 Å². The number of benzene rings is 1. The van der Waals surface area contributed by atoms with E-state index in [0.717, 1.165) is 5.56 Å². The molecule has 0 saturated carbocycles. The second-order valence-corrected chi connectivity index (χ2v) is 7.34. The van der Waals surface area contributed by atoms with E-state index in [-0.39, 0.29) is 42.9 Å². The molecule has 0 aliphatic carbocycles. The number of carbonyl (C=O) groups is 1. The van der Waals surface area contributed by atoms with E-state index in [1.54, 1.807) is 11.9 Å². The van der Waals surface area contributed by atoms with Crippen molar-refractivity contribution in [3.63, 3.8) is 0 Å². The standard InChI is InChI=1S/C20H30N4O3.ClH/c1-13(2)12-26-15(4)19-22-17(27-23-19)11-24(5)20(25)14(3)18(21)16-9-7-6-8-10-16;/h6-10,13-15,18H,11-12,21H2,1-5H3;1H. The molecule has 156 valence electrons. The molecule has 2 N–H and O–H groups in total. The number of nitrogens with zero attached hydrogens (tertiary/aromatic N) is 3. The van der Waals surface area contributed by atoms with Crippen LogP contribution in [0.3, 0.4) is 0 Å². The molecular formula is C20H31ClN4O3. The Bertz CT molecular complexity index is 723. The fourth-order valence-corrected chi connectivity index (χ4v) is 2.65. The van der Waals surface area contributed by atoms with E-state index in [2.05, 4.69) is 24.0 Å². The zero-order valence-corrected chi connectivity index (χ0v) is 18.0. The monoisotopic (exact) mass is 410 g/mol. The average molecular weight is 411 g/mol. The third kappa shape index (κ3) is 6.58. The number of ether oxygens (including phenoxy) is 1. The van der Waals surface area contributed by atoms with Crippen molar-refractivity contribution in [1.29, 1.82) is 0 Å². The maximum absolute atomic E-state index is 12.7. The van der Waals surface area contributed by atoms with Gasteiger partial charge in [0.05, 0.1) is 12.5 Å². The first kappa shape index (κ1) is 24.1. The minimum absolute atomic E-state index is 0. The van der Waals surface area contributed by atoms with Crippen molar-refractivity contribution in [1.82, 2.24) is 15.0 Å². The van der Waals surface area contributed by atoms with Gasteiger partial charge in [-0.1, -0.05) is 56.3 Å². The van der Waals surface area contributed by atoms with E-state index >= 15 is 0 Å². The van der Waals surface area contributed by atoms with Crippen molar-refractivity contribution in [2.75, 3.05) is 13.7 Å². The third-order valence-corrected chi connectivity index (χ3v) is 4.39. The zero-order chi connectivity index (χ0) is 20.0. The van der Waals surface area contributed by atoms with Crippen molar-refractivity contribution >= 4 is 18.3 Å². The van der Waals surface area contributed by atoms with Gasteiger partial charge in [0, 0.05) is 19.7 Å². The number of hydrogen-bond donors (Lipinski definition) is 1. The normalized spacial score (nSPS) is 14.2. The summed E-state index contributed by atoms with van der Waals surface area (Å²) in [4.78, 5) is 18.6. The first-order valence-corrected chi connectivity index (χ1v) is 9.29. The highest BCUT2D eigenvalue weighted by molar-refractivity contribution is 5.85. The van der Waals surface area contributed by atoms with Crippen molar-refractivity contribution in [2.24, 2.45) is 17.6 Å². The Morgan fingerprint density at radius 2 is 1.86 bits per heavy atom. The van der Waals surface area contributed by atoms with Crippen molar-refractivity contribution < 1.29 is 14.1 Å². The summed E-state index contributed by atoms with van der Waals surface area (Å²) in [5.74, 6) is 0.850. The Hall–Kier alpha value is -1.96. The largest absolute Gasteiger partial charge is 0.370 e. The van der Waals surface area contributed by atoms with Crippen LogP contribution in [-0.2, 0) is 16.1 Å². The molecule has 0 aliphatic heterocycles. The van der Waals surface area contributed by atoms with Gasteiger partial charge >= 0.3 is 0 Å². The number of hydrogen-bond acceptors (Lipinski definition) is 6. The molecule has 1 amide bonds. The summed E-state index contributed by atoms with van der Waals surface area (Å²) < 4.78 is 11.0. The second kappa shape index (κ2) is 11.1. The number of nitrogens with two attached hydrogens (primary N) is 1. The summed E-state index contributed by atoms with van der Waals surface area (Å²) >= 11 is 0. The topological polar surface area (TPSA) is 94.5 Å². The van der Waals surface area contributed by atoms with Gasteiger partial charge in [-0.05, 0) is 18.4 Å². The van der Waals surface area contributed by atoms with E-state index in [1.165, 1.54) is 0 Å². The van der Waals surface area contributed by atoms with E-state index < -0.39 is 0 Å². The van der Waals surface area contributed by atoms with Crippen LogP contribution in [0, 0.1) is 11.8 Å². The van der Waals surface area contributed by atoms with Crippen LogP contribution < -0.4 is 5.73 Å². The molecule has 1 aromatic carbocycles. The van der Waals surface area contributed by atoms with Crippen LogP contribution in [0.15, 0.2) is 34.9 Å². The minimum atomic E-state index is -0.371. The van der Waals surface area contributed by atoms with Gasteiger partial charge in [-0.3, -0.25) is 4.79 Å². The van der Waals surface area contributed by atoms with Gasteiger partial charge in [-0.15, -0.1) is 12.4 Å². The lowest BCUT2D eigenvalue weighted by atomic mass is 9.94. The molecule has 3 atom stereocenters. The molecule has 0 fully saturated rings. The molecule has 7 nitrogen and oxygen atoms in total. The predicted octanol–water partition coefficient (Wildman–Crippen LogP) is 3.52. The van der Waals surface area contributed by atoms with Crippen LogP contribution in [0.2, 0.25) is 0 Å². The maximum atomic E-state index is 12.7. The van der Waals surface area contributed by atoms with Gasteiger partial charge in [0.25, 0.3) is 0 Å². The summed E-state index contributed by atoms with van der Waals surface area (Å²) in [6.45, 7) is 8.73. The summed E-state index contributed by atoms with van der Waals surface area (Å²) in [6.07, 6.45) is -0.253. The molecule has 0 radical (unpaired) electrons. The van der Waals surface area contributed by atoms with Gasteiger partial charge in [0.15, 0.2) is 5.82 Å². The summed E-state index contributed by atoms with van der Waals surface area (Å²) in [5, 5.41) is 3.96. The molecule has 1 aromatic heterocycles. The molecule has 0 spiro atoms. The average Bonchev–Trinajstić information content (AvgIpc) is 3.13. The Morgan fingerprint density at radius 1 is 1.21 bits per heavy atom. The van der Waals surface area contributed by atoms with Crippen molar-refractivity contribution in [2.45, 2.75) is 46.4 Å². The Balaban J connectivity index is 0.00000392. The molecule has 0 bridgehead atoms. The molecule has 3 unspecified atom stereocenters. The summed E-state index contributed by atoms with van der Waals surface area (Å²) in [7, 11) is 1.71. The Morgan fingerprint density at radius 3 is 2.46 bits per heavy atom. The summed E-state index contributed by atoms with van der Waals surface area (Å²) in [6, 6.07) is 9.24. The van der Waals surface area contributed by atoms with Crippen LogP contribution in [0.25, 0.3) is 0 Å². The van der Waals surface area contributed by atoms with Crippen molar-refractivity contribution in [3.05, 3.63) is 47.6 Å². The number of aromatic nitrogens is 2. The molecule has 28 heavy (non-hydrogen) atoms. The van der Waals surface area contributed by atoms with Crippen LogP contribution in [0.5, 0.6) is 0 Å². The zero-order valence-electron chi connectivity index (χ0n) is 17.2. The second-order valence-electron chi connectivity index (χ2n) is 7.34. The van der Waals surface area contributed by atoms with Gasteiger partial charge in [-0.25, -0.2) is 0 Å². The fraction of sp³-hybridized carbons (Fsp3) is 0.550. The predicted molar refractivity (Wildman–Crippen MR) is 110 cm³/mol. The highest BCUT2D eigenvalue weighted by atomic mass is 35.5. The molecule has 8 heteroatoms. The highest BCUT2D eigenvalue weighted by Gasteiger charge is 2.26. The van der Waals surface area contributed by atoms with Gasteiger partial charge < -0.3 is 19.9 Å². The third-order valence-electron chi connectivity index (χ3n) is 4.39. The van der Waals surface area contributed by atoms with Crippen LogP contribution >= 0.6 is 12.4 Å². The summed E-state index contributed by atoms with van der Waals surface area (Å²) in [5.41, 5.74) is 7.19. The fourth-order valence-electron chi connectivity index (χ4n) is 2.65. The van der Waals surface area contributed by atoms with Gasteiger partial charge in [0.1, 0.15) is 6.10 Å². The lowest BCUT2D eigenvalue weighted by Gasteiger charge is -2.24. The molecule has 0 saturated heterocycles. The smallest absolute Gasteiger partial charge is 0.246 e. The lowest BCUT2D eigenvalue weighted by molar-refractivity contribution is -0.135. The van der Waals surface area contributed by atoms with Crippen LogP contribution in [0.4, 0.5) is 0 Å². The van der Waals surface area contributed by atoms with Crippen LogP contribution in [-0.4, -0.2) is 34.6 Å². The molecule has 2 rings (SSSR count). The maximum Gasteiger partial charge on any atom is 0.246 e. The number of amides is 1. The highest BCUT2D eigenvalue weighted by Crippen LogP contribution is 2.21. The number of rotatable bonds is 9. The Labute approximate surface area is 173 Å². The molecule has 0 aliphatic rings. The van der Waals surface area contributed by atoms with E-state index in [9.17, 15) is 4.79 Å². The molecule has 1 heterocycles. The van der Waals surface area contributed by atoms with Crippen LogP contribution in [0.1, 0.15) is 57.1 Å². The van der Waals surface area contributed by atoms with E-state index in [4.69, 9.17) is 15.0 Å². The number of halogens is 1. The van der Waals surface area contributed by atoms with E-state index in [1.807, 2.05) is 44.2 Å². The quantitative estimate of drug-likeness (QED) is 0.679. The molecule has 2 aromatic rings. The Kier molecular flexibility index (Phi) is 9.58. The minimum Gasteiger partial charge on any atom is -0.370 e. The lowest BCUT2D eigenvalue weighted by Crippen LogP contribution is -2.36. The van der Waals surface area contributed by atoms with E-state index in [0.29, 0.717) is 24.2 Å². The van der Waals surface area contributed by atoms with Crippen molar-refractivity contribution in [3.8, 4) is 0 Å².